The van der Waals surface area contributed by atoms with Gasteiger partial charge in [-0.3, -0.25) is 9.59 Å². The van der Waals surface area contributed by atoms with Crippen molar-refractivity contribution in [2.75, 3.05) is 0 Å². The van der Waals surface area contributed by atoms with Gasteiger partial charge in [0.25, 0.3) is 0 Å². The topological polar surface area (TPSA) is 52.6 Å². The van der Waals surface area contributed by atoms with Crippen molar-refractivity contribution in [2.24, 2.45) is 34.5 Å². The minimum Gasteiger partial charge on any atom is -0.463 e. The van der Waals surface area contributed by atoms with Crippen molar-refractivity contribution in [3.8, 4) is 0 Å². The first-order chi connectivity index (χ1) is 13.9. The number of esters is 2. The van der Waals surface area contributed by atoms with Crippen LogP contribution in [0.5, 0.6) is 0 Å². The first-order valence-electron chi connectivity index (χ1n) is 12.3. The maximum Gasteiger partial charge on any atom is 0.302 e. The lowest BCUT2D eigenvalue weighted by molar-refractivity contribution is -0.167. The SMILES string of the molecule is [2H]C([2H])([2H])C(=O)O[C@@H]1CC[C@@]2(C)[C@H](CC[C@@H]3[C@@H]2CC[C@]2(C)[C@@H](OC(C)=O)CC[C@@H]32)C1. The van der Waals surface area contributed by atoms with Crippen molar-refractivity contribution >= 4 is 11.9 Å². The molecule has 0 unspecified atom stereocenters. The Morgan fingerprint density at radius 3 is 2.37 bits per heavy atom. The highest BCUT2D eigenvalue weighted by Crippen LogP contribution is 2.66. The smallest absolute Gasteiger partial charge is 0.302 e. The van der Waals surface area contributed by atoms with E-state index in [1.54, 1.807) is 0 Å². The molecule has 0 aromatic rings. The minimum atomic E-state index is -2.67. The largest absolute Gasteiger partial charge is 0.463 e. The molecule has 4 fully saturated rings. The molecule has 27 heavy (non-hydrogen) atoms. The van der Waals surface area contributed by atoms with Crippen LogP contribution in [0.15, 0.2) is 0 Å². The molecule has 0 bridgehead atoms. The number of hydrogen-bond acceptors (Lipinski definition) is 4. The van der Waals surface area contributed by atoms with Crippen LogP contribution in [-0.4, -0.2) is 24.1 Å². The standard InChI is InChI=1S/C23H36O4/c1-14(24)26-17-9-11-22(3)16(13-17)5-6-18-19-7-8-21(27-15(2)25)23(19,4)12-10-20(18)22/h16-21H,5-13H2,1-4H3/t16-,17-,18+,19+,20+,21+,22+,23+/m1/s1/i1D3. The Labute approximate surface area is 168 Å². The highest BCUT2D eigenvalue weighted by Gasteiger charge is 2.61. The number of rotatable bonds is 2. The molecule has 0 aromatic heterocycles. The van der Waals surface area contributed by atoms with E-state index in [1.807, 2.05) is 0 Å². The minimum absolute atomic E-state index is 0.0570. The molecule has 0 saturated heterocycles. The van der Waals surface area contributed by atoms with Crippen molar-refractivity contribution in [2.45, 2.75) is 97.6 Å². The molecular weight excluding hydrogens is 340 g/mol. The quantitative estimate of drug-likeness (QED) is 0.641. The summed E-state index contributed by atoms with van der Waals surface area (Å²) in [6.45, 7) is 3.62. The van der Waals surface area contributed by atoms with E-state index >= 15 is 0 Å². The molecule has 4 rings (SSSR count). The molecule has 0 aliphatic heterocycles. The Bertz CT molecular complexity index is 707. The van der Waals surface area contributed by atoms with Crippen LogP contribution in [0.25, 0.3) is 0 Å². The third-order valence-corrected chi connectivity index (χ3v) is 9.11. The van der Waals surface area contributed by atoms with Crippen LogP contribution in [0.2, 0.25) is 0 Å². The Morgan fingerprint density at radius 1 is 0.889 bits per heavy atom. The summed E-state index contributed by atoms with van der Waals surface area (Å²) in [5, 5.41) is 0. The third-order valence-electron chi connectivity index (χ3n) is 9.11. The normalized spacial score (nSPS) is 50.9. The van der Waals surface area contributed by atoms with Gasteiger partial charge in [0.1, 0.15) is 12.2 Å². The van der Waals surface area contributed by atoms with Crippen molar-refractivity contribution in [1.82, 2.24) is 0 Å². The molecule has 4 aliphatic carbocycles. The van der Waals surface area contributed by atoms with E-state index in [1.165, 1.54) is 19.8 Å². The van der Waals surface area contributed by atoms with Gasteiger partial charge in [0.2, 0.25) is 0 Å². The van der Waals surface area contributed by atoms with Crippen molar-refractivity contribution < 1.29 is 23.2 Å². The Balaban J connectivity index is 1.46. The van der Waals surface area contributed by atoms with E-state index in [9.17, 15) is 9.59 Å². The van der Waals surface area contributed by atoms with Gasteiger partial charge in [0, 0.05) is 23.3 Å². The molecule has 0 heterocycles. The third kappa shape index (κ3) is 3.11. The molecule has 0 spiro atoms. The molecule has 0 N–H and O–H groups in total. The summed E-state index contributed by atoms with van der Waals surface area (Å²) in [7, 11) is 0. The van der Waals surface area contributed by atoms with E-state index in [2.05, 4.69) is 13.8 Å². The lowest BCUT2D eigenvalue weighted by Gasteiger charge is -2.60. The number of carbonyl (C=O) groups excluding carboxylic acids is 2. The summed E-state index contributed by atoms with van der Waals surface area (Å²) in [5.41, 5.74) is 0.329. The van der Waals surface area contributed by atoms with Crippen LogP contribution >= 0.6 is 0 Å². The fourth-order valence-corrected chi connectivity index (χ4v) is 7.82. The van der Waals surface area contributed by atoms with Crippen LogP contribution < -0.4 is 0 Å². The Morgan fingerprint density at radius 2 is 1.63 bits per heavy atom. The number of hydrogen-bond donors (Lipinski definition) is 0. The van der Waals surface area contributed by atoms with Gasteiger partial charge in [-0.2, -0.15) is 0 Å². The number of carbonyl (C=O) groups is 2. The maximum atomic E-state index is 11.8. The summed E-state index contributed by atoms with van der Waals surface area (Å²) in [6, 6.07) is 0. The molecule has 0 aromatic carbocycles. The average Bonchev–Trinajstić information content (AvgIpc) is 2.97. The second-order valence-corrected chi connectivity index (χ2v) is 10.2. The van der Waals surface area contributed by atoms with Crippen LogP contribution in [-0.2, 0) is 19.1 Å². The molecule has 4 nitrogen and oxygen atoms in total. The lowest BCUT2D eigenvalue weighted by Crippen LogP contribution is -2.54. The van der Waals surface area contributed by atoms with Gasteiger partial charge in [-0.05, 0) is 86.9 Å². The first-order valence-corrected chi connectivity index (χ1v) is 10.8. The zero-order chi connectivity index (χ0) is 21.9. The van der Waals surface area contributed by atoms with E-state index in [-0.39, 0.29) is 29.0 Å². The lowest BCUT2D eigenvalue weighted by atomic mass is 9.45. The van der Waals surface area contributed by atoms with Crippen LogP contribution in [0, 0.1) is 34.5 Å². The average molecular weight is 380 g/mol. The predicted molar refractivity (Wildman–Crippen MR) is 103 cm³/mol. The molecule has 4 aliphatic rings. The fraction of sp³-hybridized carbons (Fsp3) is 0.913. The van der Waals surface area contributed by atoms with Gasteiger partial charge in [0.05, 0.1) is 0 Å². The predicted octanol–water partition coefficient (Wildman–Crippen LogP) is 4.89. The van der Waals surface area contributed by atoms with Gasteiger partial charge in [-0.1, -0.05) is 13.8 Å². The molecule has 4 heteroatoms. The zero-order valence-electron chi connectivity index (χ0n) is 20.0. The highest BCUT2D eigenvalue weighted by molar-refractivity contribution is 5.66. The highest BCUT2D eigenvalue weighted by atomic mass is 16.5. The second kappa shape index (κ2) is 6.77. The van der Waals surface area contributed by atoms with Crippen molar-refractivity contribution in [3.63, 3.8) is 0 Å². The fourth-order valence-electron chi connectivity index (χ4n) is 7.82. The summed E-state index contributed by atoms with van der Waals surface area (Å²) in [5.74, 6) is 1.21. The number of fused-ring (bicyclic) bond motifs is 5. The molecule has 4 saturated carbocycles. The summed E-state index contributed by atoms with van der Waals surface area (Å²) < 4.78 is 32.9. The molecule has 152 valence electrons. The van der Waals surface area contributed by atoms with Crippen molar-refractivity contribution in [1.29, 1.82) is 0 Å². The molecule has 0 amide bonds. The van der Waals surface area contributed by atoms with Gasteiger partial charge < -0.3 is 9.47 Å². The number of ether oxygens (including phenoxy) is 2. The van der Waals surface area contributed by atoms with E-state index in [0.717, 1.165) is 44.9 Å². The van der Waals surface area contributed by atoms with Crippen LogP contribution in [0.1, 0.15) is 89.5 Å². The van der Waals surface area contributed by atoms with E-state index in [4.69, 9.17) is 13.6 Å². The Hall–Kier alpha value is -1.06. The summed E-state index contributed by atoms with van der Waals surface area (Å²) >= 11 is 0. The van der Waals surface area contributed by atoms with Crippen molar-refractivity contribution in [3.05, 3.63) is 0 Å². The monoisotopic (exact) mass is 379 g/mol. The second-order valence-electron chi connectivity index (χ2n) is 10.2. The zero-order valence-corrected chi connectivity index (χ0v) is 17.0. The van der Waals surface area contributed by atoms with Crippen LogP contribution in [0.4, 0.5) is 0 Å². The molecular formula is C23H36O4. The Kier molecular flexibility index (Phi) is 3.97. The summed E-state index contributed by atoms with van der Waals surface area (Å²) in [4.78, 5) is 23.5. The van der Waals surface area contributed by atoms with Gasteiger partial charge in [0.15, 0.2) is 0 Å². The van der Waals surface area contributed by atoms with E-state index in [0.29, 0.717) is 23.7 Å². The molecule has 0 radical (unpaired) electrons. The summed E-state index contributed by atoms with van der Waals surface area (Å²) in [6.07, 6.45) is 9.04. The van der Waals surface area contributed by atoms with Gasteiger partial charge in [-0.15, -0.1) is 0 Å². The van der Waals surface area contributed by atoms with Gasteiger partial charge in [-0.25, -0.2) is 0 Å². The van der Waals surface area contributed by atoms with E-state index < -0.39 is 12.8 Å². The van der Waals surface area contributed by atoms with Crippen LogP contribution in [0.3, 0.4) is 0 Å². The maximum absolute atomic E-state index is 11.8. The first kappa shape index (κ1) is 15.8. The van der Waals surface area contributed by atoms with Gasteiger partial charge >= 0.3 is 11.9 Å². The molecule has 8 atom stereocenters.